The maximum Gasteiger partial charge on any atom is 0.318 e. The highest BCUT2D eigenvalue weighted by Crippen LogP contribution is 2.35. The molecule has 10 heteroatoms. The number of nitrogens with zero attached hydrogens (tertiary/aromatic N) is 8. The summed E-state index contributed by atoms with van der Waals surface area (Å²) in [4.78, 5) is 35.7. The number of nitriles is 1. The van der Waals surface area contributed by atoms with Gasteiger partial charge in [0.05, 0.1) is 42.7 Å². The van der Waals surface area contributed by atoms with Crippen molar-refractivity contribution in [2.75, 3.05) is 56.2 Å². The molecule has 42 heavy (non-hydrogen) atoms. The number of anilines is 2. The number of carbonyl (C=O) groups excluding carboxylic acids is 1. The second kappa shape index (κ2) is 11.9. The maximum absolute atomic E-state index is 12.5. The van der Waals surface area contributed by atoms with Crippen LogP contribution >= 0.6 is 0 Å². The normalized spacial score (nSPS) is 20.8. The van der Waals surface area contributed by atoms with Gasteiger partial charge in [0, 0.05) is 54.8 Å². The van der Waals surface area contributed by atoms with Crippen LogP contribution in [-0.4, -0.2) is 89.1 Å². The number of pyridine rings is 1. The van der Waals surface area contributed by atoms with E-state index in [9.17, 15) is 10.1 Å². The van der Waals surface area contributed by atoms with E-state index in [1.165, 1.54) is 23.4 Å². The molecular weight excluding hydrogens is 528 g/mol. The van der Waals surface area contributed by atoms with E-state index >= 15 is 0 Å². The molecule has 5 heterocycles. The molecular formula is C32H38N8O2. The van der Waals surface area contributed by atoms with Gasteiger partial charge in [0.1, 0.15) is 12.4 Å². The third-order valence-corrected chi connectivity index (χ3v) is 8.98. The third kappa shape index (κ3) is 5.37. The summed E-state index contributed by atoms with van der Waals surface area (Å²) in [5.41, 5.74) is 4.39. The van der Waals surface area contributed by atoms with Crippen molar-refractivity contribution in [1.82, 2.24) is 24.8 Å². The number of carbonyl (C=O) groups is 1. The van der Waals surface area contributed by atoms with Gasteiger partial charge in [0.15, 0.2) is 0 Å². The second-order valence-corrected chi connectivity index (χ2v) is 11.5. The maximum atomic E-state index is 12.5. The predicted molar refractivity (Wildman–Crippen MR) is 163 cm³/mol. The fourth-order valence-electron chi connectivity index (χ4n) is 6.66. The largest absolute Gasteiger partial charge is 0.462 e. The molecule has 0 saturated carbocycles. The molecule has 218 valence electrons. The van der Waals surface area contributed by atoms with Crippen LogP contribution in [0.25, 0.3) is 10.8 Å². The van der Waals surface area contributed by atoms with Crippen molar-refractivity contribution in [3.05, 3.63) is 60.1 Å². The van der Waals surface area contributed by atoms with Gasteiger partial charge in [-0.25, -0.2) is 0 Å². The van der Waals surface area contributed by atoms with E-state index in [0.29, 0.717) is 44.8 Å². The lowest BCUT2D eigenvalue weighted by molar-refractivity contribution is -0.128. The molecule has 0 N–H and O–H groups in total. The van der Waals surface area contributed by atoms with Crippen molar-refractivity contribution in [3.63, 3.8) is 0 Å². The van der Waals surface area contributed by atoms with Crippen LogP contribution in [0.3, 0.4) is 0 Å². The zero-order chi connectivity index (χ0) is 29.2. The number of hydrogen-bond donors (Lipinski definition) is 0. The van der Waals surface area contributed by atoms with Crippen LogP contribution in [0.5, 0.6) is 6.01 Å². The molecule has 1 aromatic carbocycles. The van der Waals surface area contributed by atoms with E-state index in [1.807, 2.05) is 12.4 Å². The molecule has 3 aliphatic heterocycles. The van der Waals surface area contributed by atoms with Gasteiger partial charge in [-0.2, -0.15) is 15.2 Å². The van der Waals surface area contributed by atoms with Gasteiger partial charge in [-0.3, -0.25) is 9.78 Å². The fourth-order valence-corrected chi connectivity index (χ4v) is 6.66. The van der Waals surface area contributed by atoms with Gasteiger partial charge in [-0.1, -0.05) is 24.8 Å². The lowest BCUT2D eigenvalue weighted by atomic mass is 10.0. The molecule has 2 aromatic heterocycles. The SMILES string of the molecule is C=CC(=O)N1CCN(c2nc(OC[C@@H]3CCCN3C)nc3c2CCN(c2cncc4cccc(C)c24)C3)C[C@@H]1CC#N. The summed E-state index contributed by atoms with van der Waals surface area (Å²) in [7, 11) is 2.14. The summed E-state index contributed by atoms with van der Waals surface area (Å²) in [6.45, 7) is 10.5. The van der Waals surface area contributed by atoms with Gasteiger partial charge >= 0.3 is 6.01 Å². The van der Waals surface area contributed by atoms with Crippen molar-refractivity contribution in [1.29, 1.82) is 5.26 Å². The summed E-state index contributed by atoms with van der Waals surface area (Å²) in [6, 6.07) is 9.09. The highest BCUT2D eigenvalue weighted by Gasteiger charge is 2.33. The van der Waals surface area contributed by atoms with Crippen LogP contribution in [0, 0.1) is 18.3 Å². The Bertz CT molecular complexity index is 1530. The zero-order valence-corrected chi connectivity index (χ0v) is 24.5. The molecule has 0 unspecified atom stereocenters. The average molecular weight is 567 g/mol. The minimum absolute atomic E-state index is 0.140. The predicted octanol–water partition coefficient (Wildman–Crippen LogP) is 3.49. The van der Waals surface area contributed by atoms with E-state index in [2.05, 4.69) is 64.5 Å². The molecule has 0 radical (unpaired) electrons. The number of ether oxygens (including phenoxy) is 1. The summed E-state index contributed by atoms with van der Waals surface area (Å²) in [6.07, 6.45) is 8.50. The molecule has 0 aliphatic carbocycles. The first-order valence-electron chi connectivity index (χ1n) is 14.8. The molecule has 6 rings (SSSR count). The number of aromatic nitrogens is 3. The molecule has 0 bridgehead atoms. The van der Waals surface area contributed by atoms with E-state index in [1.54, 1.807) is 4.90 Å². The Hall–Kier alpha value is -4.23. The number of likely N-dealkylation sites (N-methyl/N-ethyl adjacent to an activating group) is 1. The lowest BCUT2D eigenvalue weighted by Crippen LogP contribution is -2.55. The van der Waals surface area contributed by atoms with Crippen LogP contribution < -0.4 is 14.5 Å². The van der Waals surface area contributed by atoms with E-state index in [-0.39, 0.29) is 18.4 Å². The summed E-state index contributed by atoms with van der Waals surface area (Å²) < 4.78 is 6.29. The molecule has 2 atom stereocenters. The van der Waals surface area contributed by atoms with E-state index < -0.39 is 0 Å². The average Bonchev–Trinajstić information content (AvgIpc) is 3.43. The van der Waals surface area contributed by atoms with Gasteiger partial charge in [0.25, 0.3) is 0 Å². The Morgan fingerprint density at radius 3 is 2.83 bits per heavy atom. The molecule has 1 amide bonds. The smallest absolute Gasteiger partial charge is 0.318 e. The monoisotopic (exact) mass is 566 g/mol. The van der Waals surface area contributed by atoms with Crippen molar-refractivity contribution < 1.29 is 9.53 Å². The summed E-state index contributed by atoms with van der Waals surface area (Å²) in [5.74, 6) is 0.717. The van der Waals surface area contributed by atoms with Gasteiger partial charge in [-0.05, 0) is 51.4 Å². The molecule has 2 fully saturated rings. The van der Waals surface area contributed by atoms with Crippen LogP contribution in [0.1, 0.15) is 36.1 Å². The van der Waals surface area contributed by atoms with Crippen LogP contribution in [0.4, 0.5) is 11.5 Å². The highest BCUT2D eigenvalue weighted by molar-refractivity contribution is 5.96. The first-order valence-corrected chi connectivity index (χ1v) is 14.8. The Labute approximate surface area is 247 Å². The zero-order valence-electron chi connectivity index (χ0n) is 24.5. The fraction of sp³-hybridized carbons (Fsp3) is 0.469. The Balaban J connectivity index is 1.34. The molecule has 10 nitrogen and oxygen atoms in total. The second-order valence-electron chi connectivity index (χ2n) is 11.5. The molecule has 0 spiro atoms. The minimum Gasteiger partial charge on any atom is -0.462 e. The minimum atomic E-state index is -0.235. The molecule has 2 saturated heterocycles. The van der Waals surface area contributed by atoms with Gasteiger partial charge < -0.3 is 24.3 Å². The van der Waals surface area contributed by atoms with Crippen molar-refractivity contribution in [2.24, 2.45) is 0 Å². The summed E-state index contributed by atoms with van der Waals surface area (Å²) in [5, 5.41) is 11.9. The van der Waals surface area contributed by atoms with Crippen molar-refractivity contribution >= 4 is 28.2 Å². The Kier molecular flexibility index (Phi) is 7.94. The quantitative estimate of drug-likeness (QED) is 0.398. The lowest BCUT2D eigenvalue weighted by Gasteiger charge is -2.42. The topological polar surface area (TPSA) is 102 Å². The molecule has 3 aromatic rings. The van der Waals surface area contributed by atoms with E-state index in [0.717, 1.165) is 54.1 Å². The first-order chi connectivity index (χ1) is 20.5. The number of hydrogen-bond acceptors (Lipinski definition) is 9. The van der Waals surface area contributed by atoms with Gasteiger partial charge in [-0.15, -0.1) is 0 Å². The Morgan fingerprint density at radius 2 is 2.05 bits per heavy atom. The Morgan fingerprint density at radius 1 is 1.17 bits per heavy atom. The number of aryl methyl sites for hydroxylation is 1. The first kappa shape index (κ1) is 27.9. The standard InChI is InChI=1S/C32H38N8O2/c1-4-29(41)40-16-15-39(19-24(40)10-12-33)31-26-11-14-38(28-18-34-17-23-8-5-7-22(2)30(23)28)20-27(26)35-32(36-31)42-21-25-9-6-13-37(25)3/h4-5,7-8,17-18,24-25H,1,6,9-11,13-16,19-21H2,2-3H3/t24-,25-/m0/s1. The number of piperazine rings is 1. The van der Waals surface area contributed by atoms with Crippen LogP contribution in [0.2, 0.25) is 0 Å². The highest BCUT2D eigenvalue weighted by atomic mass is 16.5. The van der Waals surface area contributed by atoms with Crippen LogP contribution in [0.15, 0.2) is 43.2 Å². The third-order valence-electron chi connectivity index (χ3n) is 8.98. The van der Waals surface area contributed by atoms with Crippen molar-refractivity contribution in [2.45, 2.75) is 51.2 Å². The van der Waals surface area contributed by atoms with Crippen molar-refractivity contribution in [3.8, 4) is 12.1 Å². The number of fused-ring (bicyclic) bond motifs is 2. The summed E-state index contributed by atoms with van der Waals surface area (Å²) >= 11 is 0. The molecule has 3 aliphatic rings. The number of amides is 1. The van der Waals surface area contributed by atoms with Crippen LogP contribution in [-0.2, 0) is 17.8 Å². The number of benzene rings is 1. The van der Waals surface area contributed by atoms with E-state index in [4.69, 9.17) is 14.7 Å². The van der Waals surface area contributed by atoms with Gasteiger partial charge in [0.2, 0.25) is 5.91 Å². The number of likely N-dealkylation sites (tertiary alicyclic amines) is 1. The number of rotatable bonds is 7.